The van der Waals surface area contributed by atoms with Crippen molar-refractivity contribution in [3.8, 4) is 0 Å². The molecule has 0 bridgehead atoms. The smallest absolute Gasteiger partial charge is 0.321 e. The molecule has 6 heteroatoms. The van der Waals surface area contributed by atoms with Crippen molar-refractivity contribution in [3.63, 3.8) is 0 Å². The molecule has 1 aromatic carbocycles. The van der Waals surface area contributed by atoms with E-state index in [1.165, 1.54) is 0 Å². The number of para-hydroxylation sites is 1. The van der Waals surface area contributed by atoms with Crippen LogP contribution in [0, 0.1) is 0 Å². The monoisotopic (exact) mass is 342 g/mol. The largest absolute Gasteiger partial charge is 0.353 e. The summed E-state index contributed by atoms with van der Waals surface area (Å²) in [4.78, 5) is 21.0. The van der Waals surface area contributed by atoms with Gasteiger partial charge in [-0.3, -0.25) is 0 Å². The number of thioether (sulfide) groups is 1. The number of hydrogen-bond acceptors (Lipinski definition) is 4. The van der Waals surface area contributed by atoms with Gasteiger partial charge in [-0.1, -0.05) is 24.3 Å². The molecule has 0 saturated carbocycles. The van der Waals surface area contributed by atoms with Gasteiger partial charge >= 0.3 is 6.03 Å². The third-order valence-electron chi connectivity index (χ3n) is 4.10. The molecule has 0 spiro atoms. The van der Waals surface area contributed by atoms with Gasteiger partial charge < -0.3 is 15.1 Å². The van der Waals surface area contributed by atoms with Crippen molar-refractivity contribution >= 4 is 29.3 Å². The van der Waals surface area contributed by atoms with E-state index in [1.807, 2.05) is 41.3 Å². The number of piperazine rings is 1. The number of pyridine rings is 1. The molecule has 0 radical (unpaired) electrons. The first-order valence-electron chi connectivity index (χ1n) is 8.06. The van der Waals surface area contributed by atoms with Crippen LogP contribution >= 0.6 is 11.8 Å². The third kappa shape index (κ3) is 4.00. The minimum absolute atomic E-state index is 0.0239. The van der Waals surface area contributed by atoms with Gasteiger partial charge in [0.2, 0.25) is 0 Å². The average Bonchev–Trinajstić information content (AvgIpc) is 2.64. The van der Waals surface area contributed by atoms with E-state index in [4.69, 9.17) is 0 Å². The Balaban J connectivity index is 1.58. The molecular formula is C18H22N4OS. The maximum absolute atomic E-state index is 12.5. The maximum Gasteiger partial charge on any atom is 0.321 e. The highest BCUT2D eigenvalue weighted by atomic mass is 32.2. The summed E-state index contributed by atoms with van der Waals surface area (Å²) in [5.41, 5.74) is 2.06. The van der Waals surface area contributed by atoms with Crippen LogP contribution in [0.2, 0.25) is 0 Å². The molecule has 1 N–H and O–H groups in total. The van der Waals surface area contributed by atoms with Crippen molar-refractivity contribution in [1.82, 2.24) is 9.88 Å². The van der Waals surface area contributed by atoms with Crippen LogP contribution in [0.1, 0.15) is 5.56 Å². The van der Waals surface area contributed by atoms with Gasteiger partial charge in [-0.25, -0.2) is 9.78 Å². The Kier molecular flexibility index (Phi) is 5.59. The lowest BCUT2D eigenvalue weighted by atomic mass is 10.2. The van der Waals surface area contributed by atoms with Gasteiger partial charge in [-0.2, -0.15) is 11.8 Å². The van der Waals surface area contributed by atoms with E-state index in [0.717, 1.165) is 35.9 Å². The van der Waals surface area contributed by atoms with Crippen LogP contribution in [-0.2, 0) is 5.75 Å². The van der Waals surface area contributed by atoms with E-state index in [9.17, 15) is 4.79 Å². The molecule has 0 atom stereocenters. The van der Waals surface area contributed by atoms with Crippen molar-refractivity contribution in [2.45, 2.75) is 5.75 Å². The number of carbonyl (C=O) groups is 1. The topological polar surface area (TPSA) is 48.5 Å². The highest BCUT2D eigenvalue weighted by Gasteiger charge is 2.22. The van der Waals surface area contributed by atoms with Gasteiger partial charge in [0.25, 0.3) is 0 Å². The average molecular weight is 342 g/mol. The summed E-state index contributed by atoms with van der Waals surface area (Å²) in [6.07, 6.45) is 3.87. The van der Waals surface area contributed by atoms with Crippen molar-refractivity contribution in [1.29, 1.82) is 0 Å². The van der Waals surface area contributed by atoms with Crippen LogP contribution in [0.15, 0.2) is 48.7 Å². The number of benzene rings is 1. The summed E-state index contributed by atoms with van der Waals surface area (Å²) in [5, 5.41) is 3.06. The zero-order valence-electron chi connectivity index (χ0n) is 13.8. The number of rotatable bonds is 4. The molecule has 1 aliphatic heterocycles. The molecule has 2 amide bonds. The number of carbonyl (C=O) groups excluding carboxylic acids is 1. The standard InChI is InChI=1S/C18H22N4OS/c1-24-14-15-6-2-3-7-16(15)20-18(23)22-12-10-21(11-13-22)17-8-4-5-9-19-17/h2-9H,10-14H2,1H3,(H,20,23). The molecular weight excluding hydrogens is 320 g/mol. The van der Waals surface area contributed by atoms with Crippen molar-refractivity contribution in [2.24, 2.45) is 0 Å². The van der Waals surface area contributed by atoms with Crippen LogP contribution in [0.3, 0.4) is 0 Å². The van der Waals surface area contributed by atoms with Gasteiger partial charge in [0.05, 0.1) is 0 Å². The van der Waals surface area contributed by atoms with E-state index in [-0.39, 0.29) is 6.03 Å². The van der Waals surface area contributed by atoms with Gasteiger partial charge in [-0.05, 0) is 30.0 Å². The van der Waals surface area contributed by atoms with E-state index in [0.29, 0.717) is 13.1 Å². The number of nitrogens with one attached hydrogen (secondary N) is 1. The first-order chi connectivity index (χ1) is 11.8. The van der Waals surface area contributed by atoms with Gasteiger partial charge in [-0.15, -0.1) is 0 Å². The first kappa shape index (κ1) is 16.6. The molecule has 2 aromatic rings. The Hall–Kier alpha value is -2.21. The Morgan fingerprint density at radius 3 is 2.58 bits per heavy atom. The molecule has 3 rings (SSSR count). The second-order valence-electron chi connectivity index (χ2n) is 5.68. The Morgan fingerprint density at radius 2 is 1.88 bits per heavy atom. The summed E-state index contributed by atoms with van der Waals surface area (Å²) in [6, 6.07) is 13.9. The molecule has 1 aliphatic rings. The minimum atomic E-state index is -0.0239. The zero-order valence-corrected chi connectivity index (χ0v) is 14.6. The fourth-order valence-electron chi connectivity index (χ4n) is 2.80. The van der Waals surface area contributed by atoms with E-state index in [1.54, 1.807) is 18.0 Å². The highest BCUT2D eigenvalue weighted by Crippen LogP contribution is 2.20. The van der Waals surface area contributed by atoms with Crippen molar-refractivity contribution in [2.75, 3.05) is 42.7 Å². The quantitative estimate of drug-likeness (QED) is 0.926. The zero-order chi connectivity index (χ0) is 16.8. The van der Waals surface area contributed by atoms with Crippen LogP contribution in [0.25, 0.3) is 0 Å². The number of urea groups is 1. The summed E-state index contributed by atoms with van der Waals surface area (Å²) in [5.74, 6) is 1.87. The molecule has 5 nitrogen and oxygen atoms in total. The second kappa shape index (κ2) is 8.06. The lowest BCUT2D eigenvalue weighted by Gasteiger charge is -2.35. The SMILES string of the molecule is CSCc1ccccc1NC(=O)N1CCN(c2ccccn2)CC1. The number of hydrogen-bond donors (Lipinski definition) is 1. The predicted octanol–water partition coefficient (Wildman–Crippen LogP) is 3.30. The van der Waals surface area contributed by atoms with Crippen LogP contribution in [0.4, 0.5) is 16.3 Å². The number of anilines is 2. The predicted molar refractivity (Wildman–Crippen MR) is 101 cm³/mol. The van der Waals surface area contributed by atoms with Crippen molar-refractivity contribution in [3.05, 3.63) is 54.2 Å². The summed E-state index contributed by atoms with van der Waals surface area (Å²) in [6.45, 7) is 3.01. The summed E-state index contributed by atoms with van der Waals surface area (Å²) in [7, 11) is 0. The van der Waals surface area contributed by atoms with Gasteiger partial charge in [0.1, 0.15) is 5.82 Å². The molecule has 0 aliphatic carbocycles. The van der Waals surface area contributed by atoms with Crippen LogP contribution < -0.4 is 10.2 Å². The summed E-state index contributed by atoms with van der Waals surface area (Å²) < 4.78 is 0. The number of amides is 2. The maximum atomic E-state index is 12.5. The first-order valence-corrected chi connectivity index (χ1v) is 9.46. The molecule has 2 heterocycles. The third-order valence-corrected chi connectivity index (χ3v) is 4.70. The fourth-order valence-corrected chi connectivity index (χ4v) is 3.36. The van der Waals surface area contributed by atoms with E-state index in [2.05, 4.69) is 27.5 Å². The van der Waals surface area contributed by atoms with E-state index < -0.39 is 0 Å². The molecule has 1 aromatic heterocycles. The normalized spacial score (nSPS) is 14.5. The van der Waals surface area contributed by atoms with E-state index >= 15 is 0 Å². The molecule has 1 fully saturated rings. The Morgan fingerprint density at radius 1 is 1.12 bits per heavy atom. The minimum Gasteiger partial charge on any atom is -0.353 e. The van der Waals surface area contributed by atoms with Crippen molar-refractivity contribution < 1.29 is 4.79 Å². The molecule has 126 valence electrons. The highest BCUT2D eigenvalue weighted by molar-refractivity contribution is 7.97. The molecule has 1 saturated heterocycles. The number of aromatic nitrogens is 1. The lowest BCUT2D eigenvalue weighted by Crippen LogP contribution is -2.50. The second-order valence-corrected chi connectivity index (χ2v) is 6.55. The Bertz CT molecular complexity index is 672. The van der Waals surface area contributed by atoms with Crippen LogP contribution in [0.5, 0.6) is 0 Å². The summed E-state index contributed by atoms with van der Waals surface area (Å²) >= 11 is 1.75. The van der Waals surface area contributed by atoms with Gasteiger partial charge in [0.15, 0.2) is 0 Å². The Labute approximate surface area is 147 Å². The fraction of sp³-hybridized carbons (Fsp3) is 0.333. The number of nitrogens with zero attached hydrogens (tertiary/aromatic N) is 3. The lowest BCUT2D eigenvalue weighted by molar-refractivity contribution is 0.208. The van der Waals surface area contributed by atoms with Crippen LogP contribution in [-0.4, -0.2) is 48.3 Å². The van der Waals surface area contributed by atoms with Gasteiger partial charge in [0, 0.05) is 43.8 Å². The molecule has 24 heavy (non-hydrogen) atoms. The molecule has 0 unspecified atom stereocenters.